The van der Waals surface area contributed by atoms with Crippen molar-refractivity contribution in [2.45, 2.75) is 104 Å². The molecule has 2 heteroatoms. The lowest BCUT2D eigenvalue weighted by Gasteiger charge is -2.09. The fraction of sp³-hybridized carbons (Fsp3) is 0.727. The molecule has 0 spiro atoms. The number of hydrogen-bond acceptors (Lipinski definition) is 1. The maximum atomic E-state index is 5.64. The largest absolute Gasteiger partial charge is 0.367 e. The lowest BCUT2D eigenvalue weighted by atomic mass is 10.0. The summed E-state index contributed by atoms with van der Waals surface area (Å²) in [5.41, 5.74) is 3.14. The van der Waals surface area contributed by atoms with E-state index in [-0.39, 0.29) is 5.60 Å². The third kappa shape index (κ3) is 10.2. The third-order valence-electron chi connectivity index (χ3n) is 4.50. The third-order valence-corrected chi connectivity index (χ3v) is 5.74. The van der Waals surface area contributed by atoms with E-state index < -0.39 is 8.07 Å². The van der Waals surface area contributed by atoms with Crippen LogP contribution in [0.5, 0.6) is 0 Å². The summed E-state index contributed by atoms with van der Waals surface area (Å²) in [5.74, 6) is 6.68. The molecular weight excluding hydrogens is 308 g/mol. The molecule has 136 valence electrons. The van der Waals surface area contributed by atoms with Gasteiger partial charge in [0.1, 0.15) is 0 Å². The van der Waals surface area contributed by atoms with Gasteiger partial charge in [-0.25, -0.2) is 0 Å². The quantitative estimate of drug-likeness (QED) is 0.148. The van der Waals surface area contributed by atoms with E-state index >= 15 is 0 Å². The predicted octanol–water partition coefficient (Wildman–Crippen LogP) is 6.74. The van der Waals surface area contributed by atoms with Crippen molar-refractivity contribution in [2.75, 3.05) is 0 Å². The Bertz CT molecular complexity index is 508. The zero-order chi connectivity index (χ0) is 18.2. The Labute approximate surface area is 152 Å². The average Bonchev–Trinajstić information content (AvgIpc) is 3.06. The highest BCUT2D eigenvalue weighted by Crippen LogP contribution is 2.38. The second kappa shape index (κ2) is 9.64. The Morgan fingerprint density at radius 2 is 1.58 bits per heavy atom. The Hall–Kier alpha value is -0.783. The highest BCUT2D eigenvalue weighted by atomic mass is 28.3. The number of rotatable bonds is 9. The van der Waals surface area contributed by atoms with E-state index in [4.69, 9.17) is 4.74 Å². The van der Waals surface area contributed by atoms with Crippen LogP contribution < -0.4 is 0 Å². The Morgan fingerprint density at radius 1 is 1.00 bits per heavy atom. The van der Waals surface area contributed by atoms with Crippen molar-refractivity contribution in [3.63, 3.8) is 0 Å². The average molecular weight is 347 g/mol. The van der Waals surface area contributed by atoms with Gasteiger partial charge in [-0.3, -0.25) is 0 Å². The summed E-state index contributed by atoms with van der Waals surface area (Å²) in [6.45, 7) is 16.0. The molecule has 1 aliphatic rings. The first-order valence-electron chi connectivity index (χ1n) is 9.55. The molecule has 1 fully saturated rings. The van der Waals surface area contributed by atoms with Crippen LogP contribution in [0.25, 0.3) is 0 Å². The van der Waals surface area contributed by atoms with Crippen molar-refractivity contribution in [1.82, 2.24) is 0 Å². The van der Waals surface area contributed by atoms with E-state index in [2.05, 4.69) is 71.3 Å². The van der Waals surface area contributed by atoms with Gasteiger partial charge in [0.2, 0.25) is 0 Å². The summed E-state index contributed by atoms with van der Waals surface area (Å²) >= 11 is 0. The highest BCUT2D eigenvalue weighted by Gasteiger charge is 2.46. The molecule has 0 N–H and O–H groups in total. The second-order valence-electron chi connectivity index (χ2n) is 9.02. The van der Waals surface area contributed by atoms with Gasteiger partial charge in [0.25, 0.3) is 0 Å². The lowest BCUT2D eigenvalue weighted by molar-refractivity contribution is 0.320. The molecule has 0 radical (unpaired) electrons. The topological polar surface area (TPSA) is 12.5 Å². The first-order valence-corrected chi connectivity index (χ1v) is 13.3. The number of hydrogen-bond donors (Lipinski definition) is 0. The first kappa shape index (κ1) is 21.3. The van der Waals surface area contributed by atoms with Gasteiger partial charge in [0.15, 0.2) is 0 Å². The van der Waals surface area contributed by atoms with E-state index in [0.29, 0.717) is 6.10 Å². The summed E-state index contributed by atoms with van der Waals surface area (Å²) in [7, 11) is -0.989. The van der Waals surface area contributed by atoms with E-state index in [0.717, 1.165) is 25.3 Å². The molecule has 1 unspecified atom stereocenters. The molecule has 0 bridgehead atoms. The fourth-order valence-corrected chi connectivity index (χ4v) is 3.31. The van der Waals surface area contributed by atoms with Crippen molar-refractivity contribution >= 4 is 8.07 Å². The van der Waals surface area contributed by atoms with Crippen LogP contribution >= 0.6 is 0 Å². The Balaban J connectivity index is 2.13. The zero-order valence-corrected chi connectivity index (χ0v) is 18.1. The van der Waals surface area contributed by atoms with Crippen molar-refractivity contribution in [1.29, 1.82) is 0 Å². The van der Waals surface area contributed by atoms with Gasteiger partial charge in [-0.15, -0.1) is 11.8 Å². The number of allylic oxidation sites excluding steroid dienone is 4. The molecule has 1 aliphatic heterocycles. The van der Waals surface area contributed by atoms with Crippen molar-refractivity contribution < 1.29 is 4.74 Å². The van der Waals surface area contributed by atoms with Gasteiger partial charge in [-0.05, 0) is 59.8 Å². The molecule has 1 heterocycles. The molecule has 1 atom stereocenters. The number of ether oxygens (including phenoxy) is 1. The van der Waals surface area contributed by atoms with Crippen LogP contribution in [0.2, 0.25) is 25.7 Å². The molecule has 0 saturated carbocycles. The smallest absolute Gasteiger partial charge is 0.0892 e. The molecule has 0 amide bonds. The molecule has 0 aromatic rings. The van der Waals surface area contributed by atoms with E-state index in [1.54, 1.807) is 0 Å². The SMILES string of the molecule is C/C(=C\CCC#CC[Si](C)(C)C)CC/C=C(\C)CCC1OC1(C)C. The molecule has 1 rings (SSSR count). The monoisotopic (exact) mass is 346 g/mol. The molecular formula is C22H38OSi. The van der Waals surface area contributed by atoms with Crippen LogP contribution in [0.15, 0.2) is 23.3 Å². The number of unbranched alkanes of at least 4 members (excludes halogenated alkanes) is 1. The summed E-state index contributed by atoms with van der Waals surface area (Å²) < 4.78 is 5.64. The maximum Gasteiger partial charge on any atom is 0.0892 e. The normalized spacial score (nSPS) is 20.5. The molecule has 0 aromatic carbocycles. The fourth-order valence-electron chi connectivity index (χ4n) is 2.66. The lowest BCUT2D eigenvalue weighted by Crippen LogP contribution is -2.17. The minimum absolute atomic E-state index is 0.136. The molecule has 24 heavy (non-hydrogen) atoms. The van der Waals surface area contributed by atoms with Crippen LogP contribution in [0.1, 0.15) is 66.2 Å². The standard InChI is InChI=1S/C22H38OSi/c1-19(13-10-8-9-11-18-24(5,6)7)14-12-15-20(2)16-17-21-22(3,4)23-21/h13,15,21H,8,10,12,14,16-18H2,1-7H3/b19-13+,20-15+. The highest BCUT2D eigenvalue weighted by molar-refractivity contribution is 6.76. The van der Waals surface area contributed by atoms with Gasteiger partial charge in [-0.1, -0.05) is 42.9 Å². The number of epoxide rings is 1. The molecule has 0 aromatic heterocycles. The molecule has 0 aliphatic carbocycles. The summed E-state index contributed by atoms with van der Waals surface area (Å²) in [6.07, 6.45) is 12.0. The Kier molecular flexibility index (Phi) is 8.54. The van der Waals surface area contributed by atoms with Crippen LogP contribution in [0.4, 0.5) is 0 Å². The van der Waals surface area contributed by atoms with Crippen LogP contribution in [0.3, 0.4) is 0 Å². The van der Waals surface area contributed by atoms with Crippen molar-refractivity contribution in [3.05, 3.63) is 23.3 Å². The second-order valence-corrected chi connectivity index (χ2v) is 14.5. The maximum absolute atomic E-state index is 5.64. The first-order chi connectivity index (χ1) is 11.1. The molecule has 1 nitrogen and oxygen atoms in total. The minimum atomic E-state index is -0.989. The van der Waals surface area contributed by atoms with E-state index in [1.807, 2.05) is 0 Å². The van der Waals surface area contributed by atoms with E-state index in [9.17, 15) is 0 Å². The predicted molar refractivity (Wildman–Crippen MR) is 110 cm³/mol. The van der Waals surface area contributed by atoms with Gasteiger partial charge >= 0.3 is 0 Å². The van der Waals surface area contributed by atoms with Gasteiger partial charge < -0.3 is 4.74 Å². The minimum Gasteiger partial charge on any atom is -0.367 e. The molecule has 1 saturated heterocycles. The summed E-state index contributed by atoms with van der Waals surface area (Å²) in [4.78, 5) is 0. The van der Waals surface area contributed by atoms with Crippen molar-refractivity contribution in [2.24, 2.45) is 0 Å². The zero-order valence-electron chi connectivity index (χ0n) is 17.1. The van der Waals surface area contributed by atoms with Crippen LogP contribution in [0, 0.1) is 11.8 Å². The van der Waals surface area contributed by atoms with Crippen LogP contribution in [-0.4, -0.2) is 19.8 Å². The Morgan fingerprint density at radius 3 is 2.17 bits per heavy atom. The van der Waals surface area contributed by atoms with Gasteiger partial charge in [-0.2, -0.15) is 0 Å². The summed E-state index contributed by atoms with van der Waals surface area (Å²) in [5, 5.41) is 0. The van der Waals surface area contributed by atoms with Gasteiger partial charge in [0, 0.05) is 12.5 Å². The van der Waals surface area contributed by atoms with Crippen LogP contribution in [-0.2, 0) is 4.74 Å². The summed E-state index contributed by atoms with van der Waals surface area (Å²) in [6, 6.07) is 1.13. The van der Waals surface area contributed by atoms with Crippen molar-refractivity contribution in [3.8, 4) is 11.8 Å². The van der Waals surface area contributed by atoms with Gasteiger partial charge in [0.05, 0.1) is 19.8 Å². The van der Waals surface area contributed by atoms with E-state index in [1.165, 1.54) is 30.4 Å².